The Morgan fingerprint density at radius 3 is 2.47 bits per heavy atom. The summed E-state index contributed by atoms with van der Waals surface area (Å²) in [4.78, 5) is 25.4. The molecule has 2 aromatic carbocycles. The fraction of sp³-hybridized carbons (Fsp3) is 0.167. The minimum absolute atomic E-state index is 0.0848. The Labute approximate surface area is 175 Å². The lowest BCUT2D eigenvalue weighted by Gasteiger charge is -2.17. The number of carbonyl (C=O) groups is 2. The zero-order valence-corrected chi connectivity index (χ0v) is 16.9. The Balaban J connectivity index is 1.67. The Bertz CT molecular complexity index is 1010. The first-order valence-electron chi connectivity index (χ1n) is 9.64. The number of nitrogens with one attached hydrogen (secondary N) is 2. The van der Waals surface area contributed by atoms with Crippen molar-refractivity contribution in [1.29, 1.82) is 0 Å². The molecule has 6 nitrogen and oxygen atoms in total. The monoisotopic (exact) mass is 404 g/mol. The van der Waals surface area contributed by atoms with E-state index < -0.39 is 5.91 Å². The van der Waals surface area contributed by atoms with Crippen LogP contribution < -0.4 is 15.4 Å². The number of para-hydroxylation sites is 1. The summed E-state index contributed by atoms with van der Waals surface area (Å²) < 4.78 is 11.1. The highest BCUT2D eigenvalue weighted by Gasteiger charge is 2.17. The topological polar surface area (TPSA) is 80.6 Å². The highest BCUT2D eigenvalue weighted by atomic mass is 16.5. The van der Waals surface area contributed by atoms with E-state index in [9.17, 15) is 9.59 Å². The van der Waals surface area contributed by atoms with Gasteiger partial charge in [-0.2, -0.15) is 0 Å². The number of amides is 2. The van der Waals surface area contributed by atoms with E-state index in [1.807, 2.05) is 44.2 Å². The molecule has 30 heavy (non-hydrogen) atoms. The molecule has 0 bridgehead atoms. The van der Waals surface area contributed by atoms with Gasteiger partial charge in [0.15, 0.2) is 0 Å². The summed E-state index contributed by atoms with van der Waals surface area (Å²) in [6, 6.07) is 19.5. The van der Waals surface area contributed by atoms with Crippen LogP contribution >= 0.6 is 0 Å². The average molecular weight is 404 g/mol. The molecule has 3 rings (SSSR count). The van der Waals surface area contributed by atoms with Crippen molar-refractivity contribution in [3.05, 3.63) is 95.6 Å². The minimum atomic E-state index is -0.434. The van der Waals surface area contributed by atoms with E-state index in [0.717, 1.165) is 11.3 Å². The highest BCUT2D eigenvalue weighted by Crippen LogP contribution is 2.16. The van der Waals surface area contributed by atoms with Crippen LogP contribution in [0.2, 0.25) is 0 Å². The Kier molecular flexibility index (Phi) is 7.05. The normalized spacial score (nSPS) is 12.1. The highest BCUT2D eigenvalue weighted by molar-refractivity contribution is 6.05. The van der Waals surface area contributed by atoms with Crippen molar-refractivity contribution in [2.24, 2.45) is 0 Å². The van der Waals surface area contributed by atoms with Crippen LogP contribution in [0.3, 0.4) is 0 Å². The second-order valence-corrected chi connectivity index (χ2v) is 6.84. The zero-order valence-electron chi connectivity index (χ0n) is 16.9. The number of hydrogen-bond acceptors (Lipinski definition) is 4. The quantitative estimate of drug-likeness (QED) is 0.557. The summed E-state index contributed by atoms with van der Waals surface area (Å²) in [5, 5.41) is 5.52. The molecule has 0 saturated carbocycles. The first kappa shape index (κ1) is 20.9. The lowest BCUT2D eigenvalue weighted by Crippen LogP contribution is -2.41. The predicted molar refractivity (Wildman–Crippen MR) is 115 cm³/mol. The van der Waals surface area contributed by atoms with E-state index in [1.165, 1.54) is 12.3 Å². The van der Waals surface area contributed by atoms with Crippen molar-refractivity contribution < 1.29 is 18.7 Å². The molecule has 0 saturated heterocycles. The molecular weight excluding hydrogens is 380 g/mol. The van der Waals surface area contributed by atoms with Crippen molar-refractivity contribution in [3.8, 4) is 5.75 Å². The molecule has 154 valence electrons. The summed E-state index contributed by atoms with van der Waals surface area (Å²) in [5.74, 6) is 0.406. The summed E-state index contributed by atoms with van der Waals surface area (Å²) in [6.45, 7) is 4.08. The molecule has 1 heterocycles. The van der Waals surface area contributed by atoms with Crippen molar-refractivity contribution >= 4 is 17.9 Å². The van der Waals surface area contributed by atoms with Gasteiger partial charge in [-0.15, -0.1) is 0 Å². The smallest absolute Gasteiger partial charge is 0.268 e. The molecule has 0 fully saturated rings. The predicted octanol–water partition coefficient (Wildman–Crippen LogP) is 3.94. The van der Waals surface area contributed by atoms with Gasteiger partial charge in [-0.25, -0.2) is 0 Å². The van der Waals surface area contributed by atoms with E-state index in [2.05, 4.69) is 10.6 Å². The molecule has 2 N–H and O–H groups in total. The van der Waals surface area contributed by atoms with Crippen LogP contribution in [0.4, 0.5) is 0 Å². The zero-order chi connectivity index (χ0) is 21.3. The van der Waals surface area contributed by atoms with Gasteiger partial charge in [0.2, 0.25) is 0 Å². The Hall–Kier alpha value is -3.80. The van der Waals surface area contributed by atoms with Crippen molar-refractivity contribution in [2.75, 3.05) is 6.61 Å². The van der Waals surface area contributed by atoms with E-state index in [-0.39, 0.29) is 24.3 Å². The van der Waals surface area contributed by atoms with Gasteiger partial charge in [0.1, 0.15) is 23.8 Å². The largest absolute Gasteiger partial charge is 0.491 e. The number of carbonyl (C=O) groups excluding carboxylic acids is 2. The molecule has 6 heteroatoms. The maximum Gasteiger partial charge on any atom is 0.268 e. The van der Waals surface area contributed by atoms with Gasteiger partial charge in [-0.1, -0.05) is 36.4 Å². The number of hydrogen-bond donors (Lipinski definition) is 2. The van der Waals surface area contributed by atoms with Gasteiger partial charge >= 0.3 is 0 Å². The maximum absolute atomic E-state index is 12.8. The fourth-order valence-electron chi connectivity index (χ4n) is 2.73. The van der Waals surface area contributed by atoms with Gasteiger partial charge in [0.05, 0.1) is 12.3 Å². The van der Waals surface area contributed by atoms with Crippen LogP contribution in [0.5, 0.6) is 5.75 Å². The summed E-state index contributed by atoms with van der Waals surface area (Å²) in [5.41, 5.74) is 1.55. The van der Waals surface area contributed by atoms with E-state index in [0.29, 0.717) is 11.3 Å². The molecule has 0 radical (unpaired) electrons. The van der Waals surface area contributed by atoms with Gasteiger partial charge in [0.25, 0.3) is 11.8 Å². The van der Waals surface area contributed by atoms with Crippen LogP contribution in [0.25, 0.3) is 6.08 Å². The second kappa shape index (κ2) is 10.1. The molecule has 0 aliphatic heterocycles. The van der Waals surface area contributed by atoms with Crippen LogP contribution in [0, 0.1) is 6.92 Å². The number of rotatable bonds is 8. The average Bonchev–Trinajstić information content (AvgIpc) is 3.26. The molecule has 0 aliphatic rings. The van der Waals surface area contributed by atoms with E-state index >= 15 is 0 Å². The first-order valence-corrected chi connectivity index (χ1v) is 9.64. The summed E-state index contributed by atoms with van der Waals surface area (Å²) in [7, 11) is 0. The lowest BCUT2D eigenvalue weighted by atomic mass is 10.2. The molecule has 0 unspecified atom stereocenters. The van der Waals surface area contributed by atoms with Gasteiger partial charge in [0, 0.05) is 11.6 Å². The van der Waals surface area contributed by atoms with Gasteiger partial charge in [-0.3, -0.25) is 9.59 Å². The molecule has 3 aromatic rings. The Morgan fingerprint density at radius 2 is 1.77 bits per heavy atom. The standard InChI is InChI=1S/C24H24N2O4/c1-17-9-6-7-13-22(17)30-16-18(2)25-24(28)21(15-20-12-8-14-29-20)26-23(27)19-10-4-3-5-11-19/h3-15,18H,16H2,1-2H3,(H,25,28)(H,26,27)/b21-15-/t18-/m0/s1. The van der Waals surface area contributed by atoms with Crippen molar-refractivity contribution in [2.45, 2.75) is 19.9 Å². The van der Waals surface area contributed by atoms with Crippen molar-refractivity contribution in [3.63, 3.8) is 0 Å². The number of furan rings is 1. The molecule has 1 aromatic heterocycles. The minimum Gasteiger partial charge on any atom is -0.491 e. The number of aryl methyl sites for hydroxylation is 1. The number of ether oxygens (including phenoxy) is 1. The number of benzene rings is 2. The second-order valence-electron chi connectivity index (χ2n) is 6.84. The summed E-state index contributed by atoms with van der Waals surface area (Å²) in [6.07, 6.45) is 2.99. The van der Waals surface area contributed by atoms with Crippen LogP contribution in [-0.2, 0) is 4.79 Å². The van der Waals surface area contributed by atoms with E-state index in [4.69, 9.17) is 9.15 Å². The van der Waals surface area contributed by atoms with Gasteiger partial charge in [-0.05, 0) is 49.7 Å². The van der Waals surface area contributed by atoms with Gasteiger partial charge < -0.3 is 19.8 Å². The van der Waals surface area contributed by atoms with Crippen molar-refractivity contribution in [1.82, 2.24) is 10.6 Å². The third kappa shape index (κ3) is 5.85. The Morgan fingerprint density at radius 1 is 1.03 bits per heavy atom. The molecule has 1 atom stereocenters. The third-order valence-corrected chi connectivity index (χ3v) is 4.32. The lowest BCUT2D eigenvalue weighted by molar-refractivity contribution is -0.118. The maximum atomic E-state index is 12.8. The van der Waals surface area contributed by atoms with Crippen LogP contribution in [0.15, 0.2) is 83.1 Å². The van der Waals surface area contributed by atoms with E-state index in [1.54, 1.807) is 36.4 Å². The van der Waals surface area contributed by atoms with Crippen LogP contribution in [-0.4, -0.2) is 24.5 Å². The summed E-state index contributed by atoms with van der Waals surface area (Å²) >= 11 is 0. The molecular formula is C24H24N2O4. The fourth-order valence-corrected chi connectivity index (χ4v) is 2.73. The SMILES string of the molecule is Cc1ccccc1OC[C@H](C)NC(=O)/C(=C/c1ccco1)NC(=O)c1ccccc1. The molecule has 0 spiro atoms. The first-order chi connectivity index (χ1) is 14.5. The molecule has 0 aliphatic carbocycles. The molecule has 2 amide bonds. The van der Waals surface area contributed by atoms with Crippen LogP contribution in [0.1, 0.15) is 28.6 Å². The third-order valence-electron chi connectivity index (χ3n) is 4.32.